The Balaban J connectivity index is 1.76. The molecule has 1 aromatic rings. The summed E-state index contributed by atoms with van der Waals surface area (Å²) in [6.45, 7) is 5.48. The van der Waals surface area contributed by atoms with Crippen molar-refractivity contribution in [1.29, 1.82) is 0 Å². The van der Waals surface area contributed by atoms with Crippen LogP contribution in [-0.2, 0) is 0 Å². The molecule has 2 saturated heterocycles. The lowest BCUT2D eigenvalue weighted by atomic mass is 9.84. The van der Waals surface area contributed by atoms with Gasteiger partial charge in [0.05, 0.1) is 10.7 Å². The average molecular weight is 308 g/mol. The number of likely N-dealkylation sites (tertiary alicyclic amines) is 1. The van der Waals surface area contributed by atoms with Crippen molar-refractivity contribution < 1.29 is 0 Å². The van der Waals surface area contributed by atoms with E-state index in [1.165, 1.54) is 31.5 Å². The van der Waals surface area contributed by atoms with Crippen LogP contribution in [0.2, 0.25) is 5.02 Å². The van der Waals surface area contributed by atoms with Gasteiger partial charge in [-0.1, -0.05) is 17.7 Å². The highest BCUT2D eigenvalue weighted by atomic mass is 35.5. The lowest BCUT2D eigenvalue weighted by molar-refractivity contribution is 0.102. The molecule has 0 saturated carbocycles. The van der Waals surface area contributed by atoms with Crippen molar-refractivity contribution in [3.8, 4) is 0 Å². The van der Waals surface area contributed by atoms with E-state index in [1.807, 2.05) is 13.0 Å². The lowest BCUT2D eigenvalue weighted by Crippen LogP contribution is -2.52. The molecule has 21 heavy (non-hydrogen) atoms. The van der Waals surface area contributed by atoms with Gasteiger partial charge in [0.2, 0.25) is 0 Å². The van der Waals surface area contributed by atoms with Crippen LogP contribution in [-0.4, -0.2) is 37.6 Å². The maximum Gasteiger partial charge on any atom is 0.0642 e. The smallest absolute Gasteiger partial charge is 0.0642 e. The van der Waals surface area contributed by atoms with E-state index in [9.17, 15) is 0 Å². The van der Waals surface area contributed by atoms with E-state index in [-0.39, 0.29) is 6.04 Å². The summed E-state index contributed by atoms with van der Waals surface area (Å²) in [5.74, 6) is 0.779. The minimum Gasteiger partial charge on any atom is -0.370 e. The molecule has 3 rings (SSSR count). The zero-order valence-corrected chi connectivity index (χ0v) is 13.8. The largest absolute Gasteiger partial charge is 0.370 e. The summed E-state index contributed by atoms with van der Waals surface area (Å²) in [6, 6.07) is 7.09. The Kier molecular flexibility index (Phi) is 4.43. The molecule has 3 nitrogen and oxygen atoms in total. The first-order valence-electron chi connectivity index (χ1n) is 8.06. The summed E-state index contributed by atoms with van der Waals surface area (Å²) in [5, 5.41) is 0.840. The molecule has 0 aromatic heterocycles. The van der Waals surface area contributed by atoms with Gasteiger partial charge in [-0.3, -0.25) is 0 Å². The van der Waals surface area contributed by atoms with Gasteiger partial charge in [0, 0.05) is 25.2 Å². The molecule has 2 heterocycles. The molecule has 0 radical (unpaired) electrons. The van der Waals surface area contributed by atoms with Gasteiger partial charge in [-0.05, 0) is 63.4 Å². The van der Waals surface area contributed by atoms with Gasteiger partial charge < -0.3 is 15.5 Å². The van der Waals surface area contributed by atoms with Crippen LogP contribution < -0.4 is 10.6 Å². The van der Waals surface area contributed by atoms with Crippen LogP contribution in [0, 0.1) is 5.92 Å². The van der Waals surface area contributed by atoms with Gasteiger partial charge in [-0.25, -0.2) is 0 Å². The molecule has 0 amide bonds. The first-order valence-corrected chi connectivity index (χ1v) is 8.44. The van der Waals surface area contributed by atoms with Crippen molar-refractivity contribution >= 4 is 17.3 Å². The number of nitrogens with zero attached hydrogens (tertiary/aromatic N) is 2. The van der Waals surface area contributed by atoms with Crippen LogP contribution in [0.4, 0.5) is 5.69 Å². The van der Waals surface area contributed by atoms with E-state index >= 15 is 0 Å². The van der Waals surface area contributed by atoms with Crippen molar-refractivity contribution in [3.63, 3.8) is 0 Å². The summed E-state index contributed by atoms with van der Waals surface area (Å²) in [6.07, 6.45) is 3.91. The first-order chi connectivity index (χ1) is 10.1. The van der Waals surface area contributed by atoms with Crippen molar-refractivity contribution in [1.82, 2.24) is 4.90 Å². The van der Waals surface area contributed by atoms with E-state index in [4.69, 9.17) is 17.3 Å². The quantitative estimate of drug-likeness (QED) is 0.910. The van der Waals surface area contributed by atoms with Crippen LogP contribution in [0.3, 0.4) is 0 Å². The van der Waals surface area contributed by atoms with E-state index in [0.29, 0.717) is 0 Å². The second-order valence-electron chi connectivity index (χ2n) is 6.68. The fourth-order valence-corrected chi connectivity index (χ4v) is 4.24. The molecule has 1 aromatic carbocycles. The highest BCUT2D eigenvalue weighted by Crippen LogP contribution is 2.35. The van der Waals surface area contributed by atoms with E-state index < -0.39 is 0 Å². The molecule has 2 fully saturated rings. The lowest BCUT2D eigenvalue weighted by Gasteiger charge is -2.46. The van der Waals surface area contributed by atoms with Crippen LogP contribution in [0.5, 0.6) is 0 Å². The van der Waals surface area contributed by atoms with Gasteiger partial charge in [0.25, 0.3) is 0 Å². The van der Waals surface area contributed by atoms with Crippen LogP contribution >= 0.6 is 11.6 Å². The van der Waals surface area contributed by atoms with E-state index in [0.717, 1.165) is 35.6 Å². The van der Waals surface area contributed by atoms with Crippen molar-refractivity contribution in [2.75, 3.05) is 31.6 Å². The molecule has 2 unspecified atom stereocenters. The fourth-order valence-electron chi connectivity index (χ4n) is 3.93. The Labute approximate surface area is 133 Å². The summed E-state index contributed by atoms with van der Waals surface area (Å²) in [7, 11) is 2.27. The number of piperidine rings is 2. The highest BCUT2D eigenvalue weighted by Gasteiger charge is 2.34. The third kappa shape index (κ3) is 3.05. The zero-order valence-electron chi connectivity index (χ0n) is 13.1. The van der Waals surface area contributed by atoms with Crippen LogP contribution in [0.1, 0.15) is 37.8 Å². The van der Waals surface area contributed by atoms with E-state index in [2.05, 4.69) is 29.0 Å². The molecule has 2 aliphatic rings. The number of benzene rings is 1. The maximum absolute atomic E-state index is 6.50. The van der Waals surface area contributed by atoms with Crippen molar-refractivity contribution in [3.05, 3.63) is 28.8 Å². The molecule has 0 aliphatic carbocycles. The van der Waals surface area contributed by atoms with Gasteiger partial charge in [-0.2, -0.15) is 0 Å². The fraction of sp³-hybridized carbons (Fsp3) is 0.647. The molecule has 2 N–H and O–H groups in total. The first kappa shape index (κ1) is 15.1. The molecular weight excluding hydrogens is 282 g/mol. The predicted molar refractivity (Wildman–Crippen MR) is 90.0 cm³/mol. The summed E-state index contributed by atoms with van der Waals surface area (Å²) >= 11 is 6.50. The Morgan fingerprint density at radius 1 is 1.29 bits per heavy atom. The van der Waals surface area contributed by atoms with Gasteiger partial charge in [0.1, 0.15) is 0 Å². The molecule has 4 heteroatoms. The molecule has 116 valence electrons. The highest BCUT2D eigenvalue weighted by molar-refractivity contribution is 6.33. The Morgan fingerprint density at radius 2 is 2.10 bits per heavy atom. The number of nitrogens with two attached hydrogens (primary N) is 1. The number of halogens is 1. The van der Waals surface area contributed by atoms with Crippen molar-refractivity contribution in [2.24, 2.45) is 11.7 Å². The van der Waals surface area contributed by atoms with Crippen molar-refractivity contribution in [2.45, 2.75) is 38.3 Å². The van der Waals surface area contributed by atoms with Gasteiger partial charge >= 0.3 is 0 Å². The second-order valence-corrected chi connectivity index (χ2v) is 7.09. The second kappa shape index (κ2) is 6.15. The number of anilines is 1. The number of hydrogen-bond acceptors (Lipinski definition) is 3. The SMILES string of the molecule is C[C@@H](N)c1ccc(N2CCC3C(CCCN3C)C2)c(Cl)c1. The molecule has 0 bridgehead atoms. The molecule has 0 spiro atoms. The topological polar surface area (TPSA) is 32.5 Å². The minimum absolute atomic E-state index is 0.0364. The number of rotatable bonds is 2. The van der Waals surface area contributed by atoms with E-state index in [1.54, 1.807) is 0 Å². The summed E-state index contributed by atoms with van der Waals surface area (Å²) in [5.41, 5.74) is 8.22. The normalized spacial score (nSPS) is 28.3. The Hall–Kier alpha value is -0.770. The predicted octanol–water partition coefficient (Wildman–Crippen LogP) is 3.28. The molecule has 3 atom stereocenters. The standard InChI is InChI=1S/C17H26ClN3/c1-12(19)13-5-6-17(15(18)10-13)21-9-7-16-14(11-21)4-3-8-20(16)2/h5-6,10,12,14,16H,3-4,7-9,11,19H2,1-2H3/t12-,14?,16?/m1/s1. The summed E-state index contributed by atoms with van der Waals surface area (Å²) < 4.78 is 0. The van der Waals surface area contributed by atoms with Crippen LogP contribution in [0.15, 0.2) is 18.2 Å². The third-order valence-electron chi connectivity index (χ3n) is 5.18. The zero-order chi connectivity index (χ0) is 15.0. The minimum atomic E-state index is 0.0364. The van der Waals surface area contributed by atoms with Gasteiger partial charge in [0.15, 0.2) is 0 Å². The molecule has 2 aliphatic heterocycles. The Bertz CT molecular complexity index is 503. The van der Waals surface area contributed by atoms with Crippen LogP contribution in [0.25, 0.3) is 0 Å². The maximum atomic E-state index is 6.50. The number of fused-ring (bicyclic) bond motifs is 1. The Morgan fingerprint density at radius 3 is 2.81 bits per heavy atom. The average Bonchev–Trinajstić information content (AvgIpc) is 2.47. The van der Waals surface area contributed by atoms with Gasteiger partial charge in [-0.15, -0.1) is 0 Å². The molecular formula is C17H26ClN3. The monoisotopic (exact) mass is 307 g/mol. The summed E-state index contributed by atoms with van der Waals surface area (Å²) in [4.78, 5) is 5.01. The number of hydrogen-bond donors (Lipinski definition) is 1. The third-order valence-corrected chi connectivity index (χ3v) is 5.49.